The lowest BCUT2D eigenvalue weighted by Crippen LogP contribution is -2.47. The molecular formula is C10H8F5NO2. The van der Waals surface area contributed by atoms with E-state index >= 15 is 0 Å². The molecule has 0 aromatic heterocycles. The largest absolute Gasteiger partial charge is 0.480 e. The van der Waals surface area contributed by atoms with Crippen molar-refractivity contribution >= 4 is 5.97 Å². The average molecular weight is 269 g/mol. The molecule has 1 rings (SSSR count). The van der Waals surface area contributed by atoms with Crippen molar-refractivity contribution in [3.8, 4) is 0 Å². The fourth-order valence-corrected chi connectivity index (χ4v) is 1.25. The van der Waals surface area contributed by atoms with E-state index in [-0.39, 0.29) is 0 Å². The first-order valence-corrected chi connectivity index (χ1v) is 4.62. The highest BCUT2D eigenvalue weighted by molar-refractivity contribution is 5.78. The fraction of sp³-hybridized carbons (Fsp3) is 0.300. The molecule has 1 atom stereocenters. The summed E-state index contributed by atoms with van der Waals surface area (Å²) in [6.45, 7) is 0.896. The molecule has 0 aliphatic carbocycles. The van der Waals surface area contributed by atoms with Gasteiger partial charge in [0.2, 0.25) is 5.82 Å². The summed E-state index contributed by atoms with van der Waals surface area (Å²) in [7, 11) is 0. The van der Waals surface area contributed by atoms with Crippen LogP contribution in [-0.4, -0.2) is 16.6 Å². The number of hydrogen-bond donors (Lipinski definition) is 2. The Hall–Kier alpha value is -1.70. The summed E-state index contributed by atoms with van der Waals surface area (Å²) >= 11 is 0. The number of aliphatic carboxylic acids is 1. The molecule has 0 bridgehead atoms. The Kier molecular flexibility index (Phi) is 3.61. The molecule has 1 aromatic rings. The number of carbonyl (C=O) groups is 1. The van der Waals surface area contributed by atoms with E-state index < -0.39 is 52.6 Å². The molecular weight excluding hydrogens is 261 g/mol. The van der Waals surface area contributed by atoms with Crippen LogP contribution in [0.1, 0.15) is 12.5 Å². The number of nitrogens with two attached hydrogens (primary N) is 1. The van der Waals surface area contributed by atoms with Crippen LogP contribution in [0.4, 0.5) is 22.0 Å². The van der Waals surface area contributed by atoms with Crippen LogP contribution in [0.25, 0.3) is 0 Å². The molecule has 0 saturated heterocycles. The summed E-state index contributed by atoms with van der Waals surface area (Å²) in [6, 6.07) is 0. The van der Waals surface area contributed by atoms with E-state index in [1.165, 1.54) is 0 Å². The molecule has 3 nitrogen and oxygen atoms in total. The predicted octanol–water partition coefficient (Wildman–Crippen LogP) is 1.73. The maximum atomic E-state index is 13.2. The van der Waals surface area contributed by atoms with E-state index in [1.54, 1.807) is 0 Å². The van der Waals surface area contributed by atoms with Gasteiger partial charge in [0.25, 0.3) is 0 Å². The smallest absolute Gasteiger partial charge is 0.323 e. The van der Waals surface area contributed by atoms with Gasteiger partial charge in [-0.1, -0.05) is 0 Å². The van der Waals surface area contributed by atoms with Gasteiger partial charge in [-0.25, -0.2) is 22.0 Å². The highest BCUT2D eigenvalue weighted by atomic mass is 19.2. The Balaban J connectivity index is 3.39. The summed E-state index contributed by atoms with van der Waals surface area (Å²) in [5.74, 6) is -12.4. The molecule has 0 heterocycles. The number of carboxylic acids is 1. The third-order valence-electron chi connectivity index (χ3n) is 2.33. The Morgan fingerprint density at radius 1 is 1.06 bits per heavy atom. The summed E-state index contributed by atoms with van der Waals surface area (Å²) in [6.07, 6.45) is -1.03. The summed E-state index contributed by atoms with van der Waals surface area (Å²) in [5.41, 5.74) is 1.79. The third kappa shape index (κ3) is 2.28. The standard InChI is InChI=1S/C10H8F5NO2/c1-10(16,9(17)18)2-3-4(11)6(13)8(15)7(14)5(3)12/h2,16H2,1H3,(H,17,18). The molecule has 1 aromatic carbocycles. The van der Waals surface area contributed by atoms with Gasteiger partial charge in [0.1, 0.15) is 5.54 Å². The van der Waals surface area contributed by atoms with Gasteiger partial charge < -0.3 is 10.8 Å². The molecule has 0 radical (unpaired) electrons. The highest BCUT2D eigenvalue weighted by Crippen LogP contribution is 2.25. The number of benzene rings is 1. The van der Waals surface area contributed by atoms with Gasteiger partial charge in [-0.3, -0.25) is 4.79 Å². The molecule has 3 N–H and O–H groups in total. The second kappa shape index (κ2) is 4.52. The SMILES string of the molecule is CC(N)(Cc1c(F)c(F)c(F)c(F)c1F)C(=O)O. The van der Waals surface area contributed by atoms with Crippen LogP contribution in [-0.2, 0) is 11.2 Å². The normalized spacial score (nSPS) is 14.4. The summed E-state index contributed by atoms with van der Waals surface area (Å²) in [4.78, 5) is 10.7. The minimum atomic E-state index is -2.30. The van der Waals surface area contributed by atoms with Crippen molar-refractivity contribution in [1.29, 1.82) is 0 Å². The van der Waals surface area contributed by atoms with Crippen molar-refractivity contribution in [3.63, 3.8) is 0 Å². The van der Waals surface area contributed by atoms with Crippen LogP contribution in [0.15, 0.2) is 0 Å². The van der Waals surface area contributed by atoms with Crippen LogP contribution in [0, 0.1) is 29.1 Å². The average Bonchev–Trinajstić information content (AvgIpc) is 2.29. The Morgan fingerprint density at radius 3 is 1.72 bits per heavy atom. The molecule has 0 spiro atoms. The van der Waals surface area contributed by atoms with E-state index in [0.29, 0.717) is 0 Å². The highest BCUT2D eigenvalue weighted by Gasteiger charge is 2.34. The third-order valence-corrected chi connectivity index (χ3v) is 2.33. The van der Waals surface area contributed by atoms with Crippen LogP contribution < -0.4 is 5.73 Å². The van der Waals surface area contributed by atoms with E-state index in [0.717, 1.165) is 6.92 Å². The van der Waals surface area contributed by atoms with E-state index in [1.807, 2.05) is 0 Å². The topological polar surface area (TPSA) is 63.3 Å². The van der Waals surface area contributed by atoms with Gasteiger partial charge in [-0.05, 0) is 6.92 Å². The molecule has 8 heteroatoms. The second-order valence-electron chi connectivity index (χ2n) is 3.95. The van der Waals surface area contributed by atoms with Crippen molar-refractivity contribution in [2.75, 3.05) is 0 Å². The molecule has 0 saturated carbocycles. The molecule has 1 unspecified atom stereocenters. The zero-order chi connectivity index (χ0) is 14.2. The Morgan fingerprint density at radius 2 is 1.39 bits per heavy atom. The van der Waals surface area contributed by atoms with E-state index in [2.05, 4.69) is 0 Å². The number of carboxylic acid groups (broad SMARTS) is 1. The Bertz CT molecular complexity index is 486. The Labute approximate surface area is 98.0 Å². The maximum absolute atomic E-state index is 13.2. The lowest BCUT2D eigenvalue weighted by atomic mass is 9.93. The lowest BCUT2D eigenvalue weighted by molar-refractivity contribution is -0.142. The first-order chi connectivity index (χ1) is 8.09. The number of halogens is 5. The minimum Gasteiger partial charge on any atom is -0.480 e. The monoisotopic (exact) mass is 269 g/mol. The zero-order valence-corrected chi connectivity index (χ0v) is 9.03. The zero-order valence-electron chi connectivity index (χ0n) is 9.03. The van der Waals surface area contributed by atoms with Gasteiger partial charge in [0.15, 0.2) is 23.3 Å². The van der Waals surface area contributed by atoms with Gasteiger partial charge in [0.05, 0.1) is 0 Å². The molecule has 0 amide bonds. The van der Waals surface area contributed by atoms with Gasteiger partial charge >= 0.3 is 5.97 Å². The van der Waals surface area contributed by atoms with Crippen LogP contribution in [0.2, 0.25) is 0 Å². The first-order valence-electron chi connectivity index (χ1n) is 4.62. The van der Waals surface area contributed by atoms with Gasteiger partial charge in [-0.15, -0.1) is 0 Å². The number of hydrogen-bond acceptors (Lipinski definition) is 2. The van der Waals surface area contributed by atoms with E-state index in [9.17, 15) is 26.7 Å². The number of rotatable bonds is 3. The van der Waals surface area contributed by atoms with Crippen molar-refractivity contribution in [2.24, 2.45) is 5.73 Å². The molecule has 0 fully saturated rings. The maximum Gasteiger partial charge on any atom is 0.323 e. The van der Waals surface area contributed by atoms with Crippen LogP contribution in [0.5, 0.6) is 0 Å². The second-order valence-corrected chi connectivity index (χ2v) is 3.95. The first kappa shape index (κ1) is 14.4. The molecule has 18 heavy (non-hydrogen) atoms. The summed E-state index contributed by atoms with van der Waals surface area (Å²) < 4.78 is 64.8. The predicted molar refractivity (Wildman–Crippen MR) is 50.2 cm³/mol. The quantitative estimate of drug-likeness (QED) is 0.499. The molecule has 0 aliphatic rings. The van der Waals surface area contributed by atoms with Crippen LogP contribution in [0.3, 0.4) is 0 Å². The minimum absolute atomic E-state index is 0.896. The van der Waals surface area contributed by atoms with E-state index in [4.69, 9.17) is 10.8 Å². The molecule has 100 valence electrons. The van der Waals surface area contributed by atoms with Crippen molar-refractivity contribution in [1.82, 2.24) is 0 Å². The van der Waals surface area contributed by atoms with Crippen molar-refractivity contribution in [3.05, 3.63) is 34.6 Å². The fourth-order valence-electron chi connectivity index (χ4n) is 1.25. The van der Waals surface area contributed by atoms with Crippen molar-refractivity contribution in [2.45, 2.75) is 18.9 Å². The lowest BCUT2D eigenvalue weighted by Gasteiger charge is -2.20. The van der Waals surface area contributed by atoms with Gasteiger partial charge in [-0.2, -0.15) is 0 Å². The molecule has 0 aliphatic heterocycles. The van der Waals surface area contributed by atoms with Crippen LogP contribution >= 0.6 is 0 Å². The van der Waals surface area contributed by atoms with Gasteiger partial charge in [0, 0.05) is 12.0 Å². The van der Waals surface area contributed by atoms with Crippen molar-refractivity contribution < 1.29 is 31.9 Å². The summed E-state index contributed by atoms with van der Waals surface area (Å²) in [5, 5.41) is 8.65.